The molecule has 5 heteroatoms. The molecule has 0 unspecified atom stereocenters. The molecule has 0 atom stereocenters. The zero-order valence-electron chi connectivity index (χ0n) is 19.6. The summed E-state index contributed by atoms with van der Waals surface area (Å²) in [5, 5.41) is 0. The number of hydrogen-bond donors (Lipinski definition) is 1. The molecule has 34 heavy (non-hydrogen) atoms. The summed E-state index contributed by atoms with van der Waals surface area (Å²) in [5.74, 6) is -0.339. The number of carbonyl (C=O) groups is 2. The normalized spacial score (nSPS) is 10.4. The Balaban J connectivity index is 1.63. The van der Waals surface area contributed by atoms with Crippen LogP contribution in [0.25, 0.3) is 22.3 Å². The van der Waals surface area contributed by atoms with E-state index < -0.39 is 5.97 Å². The van der Waals surface area contributed by atoms with E-state index in [2.05, 4.69) is 37.4 Å². The smallest absolute Gasteiger partial charge is 0.338 e. The lowest BCUT2D eigenvalue weighted by Gasteiger charge is -2.11. The molecule has 0 fully saturated rings. The monoisotopic (exact) mass is 455 g/mol. The highest BCUT2D eigenvalue weighted by molar-refractivity contribution is 5.89. The number of rotatable bonds is 9. The van der Waals surface area contributed by atoms with Crippen LogP contribution in [0.15, 0.2) is 91.0 Å². The van der Waals surface area contributed by atoms with Crippen molar-refractivity contribution in [3.8, 4) is 28.0 Å². The highest BCUT2D eigenvalue weighted by Crippen LogP contribution is 2.32. The Labute approximate surface area is 200 Å². The van der Waals surface area contributed by atoms with Crippen molar-refractivity contribution < 1.29 is 19.1 Å². The molecule has 0 saturated carbocycles. The fourth-order valence-corrected chi connectivity index (χ4v) is 3.33. The number of carbonyl (C=O) groups excluding carboxylic acids is 2. The Morgan fingerprint density at radius 3 is 1.97 bits per heavy atom. The number of nitrogen functional groups attached to an aromatic ring is 1. The summed E-state index contributed by atoms with van der Waals surface area (Å²) >= 11 is 0. The summed E-state index contributed by atoms with van der Waals surface area (Å²) in [6.45, 7) is 10.8. The minimum atomic E-state index is -0.450. The Hall–Kier alpha value is -4.12. The summed E-state index contributed by atoms with van der Waals surface area (Å²) in [6.07, 6.45) is 1.58. The first-order valence-corrected chi connectivity index (χ1v) is 11.0. The van der Waals surface area contributed by atoms with E-state index in [-0.39, 0.29) is 5.97 Å². The van der Waals surface area contributed by atoms with Gasteiger partial charge in [0.05, 0.1) is 6.61 Å². The molecule has 0 amide bonds. The minimum Gasteiger partial charge on any atom is -0.462 e. The maximum absolute atomic E-state index is 11.7. The summed E-state index contributed by atoms with van der Waals surface area (Å²) < 4.78 is 10.4. The Bertz CT molecular complexity index is 1210. The van der Waals surface area contributed by atoms with Gasteiger partial charge in [-0.3, -0.25) is 0 Å². The van der Waals surface area contributed by atoms with Crippen LogP contribution in [0.1, 0.15) is 25.8 Å². The molecule has 0 saturated heterocycles. The molecule has 2 N–H and O–H groups in total. The maximum Gasteiger partial charge on any atom is 0.338 e. The molecule has 0 heterocycles. The van der Waals surface area contributed by atoms with Crippen LogP contribution in [-0.2, 0) is 20.7 Å². The van der Waals surface area contributed by atoms with Gasteiger partial charge in [0.2, 0.25) is 0 Å². The van der Waals surface area contributed by atoms with Crippen molar-refractivity contribution in [2.24, 2.45) is 0 Å². The van der Waals surface area contributed by atoms with E-state index in [0.29, 0.717) is 29.2 Å². The Morgan fingerprint density at radius 1 is 0.794 bits per heavy atom. The maximum atomic E-state index is 11.7. The van der Waals surface area contributed by atoms with Crippen LogP contribution < -0.4 is 10.5 Å². The first-order chi connectivity index (χ1) is 16.2. The van der Waals surface area contributed by atoms with Crippen molar-refractivity contribution in [1.82, 2.24) is 0 Å². The highest BCUT2D eigenvalue weighted by Gasteiger charge is 2.09. The van der Waals surface area contributed by atoms with Crippen LogP contribution in [0.3, 0.4) is 0 Å². The lowest BCUT2D eigenvalue weighted by atomic mass is 9.97. The van der Waals surface area contributed by atoms with Crippen LogP contribution in [0.4, 0.5) is 5.69 Å². The second-order valence-corrected chi connectivity index (χ2v) is 8.21. The summed E-state index contributed by atoms with van der Waals surface area (Å²) in [5.41, 5.74) is 12.9. The van der Waals surface area contributed by atoms with Crippen LogP contribution in [-0.4, -0.2) is 18.5 Å². The van der Waals surface area contributed by atoms with Gasteiger partial charge in [-0.2, -0.15) is 0 Å². The van der Waals surface area contributed by atoms with Gasteiger partial charge < -0.3 is 15.2 Å². The van der Waals surface area contributed by atoms with Gasteiger partial charge in [0, 0.05) is 22.4 Å². The molecule has 0 bridgehead atoms. The SMILES string of the molecule is C=C(C)C(=O)OCCCc1ccc(-c2ccc(-c3ccc(OC(=O)C(=C)C)cc3)c(N)c2)cc1. The molecule has 0 radical (unpaired) electrons. The van der Waals surface area contributed by atoms with Gasteiger partial charge in [0.25, 0.3) is 0 Å². The fourth-order valence-electron chi connectivity index (χ4n) is 3.33. The molecular formula is C29H29NO4. The van der Waals surface area contributed by atoms with Crippen molar-refractivity contribution in [2.75, 3.05) is 12.3 Å². The molecular weight excluding hydrogens is 426 g/mol. The van der Waals surface area contributed by atoms with Crippen LogP contribution in [0.2, 0.25) is 0 Å². The molecule has 0 aliphatic carbocycles. The number of hydrogen-bond acceptors (Lipinski definition) is 5. The third kappa shape index (κ3) is 6.45. The lowest BCUT2D eigenvalue weighted by Crippen LogP contribution is -2.07. The quantitative estimate of drug-likeness (QED) is 0.138. The lowest BCUT2D eigenvalue weighted by molar-refractivity contribution is -0.139. The van der Waals surface area contributed by atoms with Crippen molar-refractivity contribution in [3.05, 3.63) is 96.6 Å². The second-order valence-electron chi connectivity index (χ2n) is 8.21. The minimum absolute atomic E-state index is 0.348. The van der Waals surface area contributed by atoms with E-state index in [9.17, 15) is 9.59 Å². The molecule has 3 aromatic carbocycles. The topological polar surface area (TPSA) is 78.6 Å². The molecule has 0 spiro atoms. The highest BCUT2D eigenvalue weighted by atomic mass is 16.5. The van der Waals surface area contributed by atoms with E-state index in [1.165, 1.54) is 5.56 Å². The average molecular weight is 456 g/mol. The van der Waals surface area contributed by atoms with Gasteiger partial charge in [-0.15, -0.1) is 0 Å². The van der Waals surface area contributed by atoms with Crippen molar-refractivity contribution in [2.45, 2.75) is 26.7 Å². The van der Waals surface area contributed by atoms with E-state index in [4.69, 9.17) is 15.2 Å². The van der Waals surface area contributed by atoms with Gasteiger partial charge >= 0.3 is 11.9 Å². The van der Waals surface area contributed by atoms with Gasteiger partial charge in [-0.1, -0.05) is 61.7 Å². The molecule has 0 aliphatic rings. The fraction of sp³-hybridized carbons (Fsp3) is 0.172. The largest absolute Gasteiger partial charge is 0.462 e. The zero-order chi connectivity index (χ0) is 24.7. The van der Waals surface area contributed by atoms with Gasteiger partial charge in [-0.05, 0) is 67.1 Å². The van der Waals surface area contributed by atoms with Crippen molar-refractivity contribution in [1.29, 1.82) is 0 Å². The summed E-state index contributed by atoms with van der Waals surface area (Å²) in [6, 6.07) is 21.5. The number of anilines is 1. The van der Waals surface area contributed by atoms with Crippen LogP contribution in [0, 0.1) is 0 Å². The van der Waals surface area contributed by atoms with Gasteiger partial charge in [0.15, 0.2) is 0 Å². The van der Waals surface area contributed by atoms with Gasteiger partial charge in [-0.25, -0.2) is 9.59 Å². The third-order valence-corrected chi connectivity index (χ3v) is 5.25. The summed E-state index contributed by atoms with van der Waals surface area (Å²) in [7, 11) is 0. The molecule has 5 nitrogen and oxygen atoms in total. The first-order valence-electron chi connectivity index (χ1n) is 11.0. The number of esters is 2. The van der Waals surface area contributed by atoms with Crippen LogP contribution in [0.5, 0.6) is 5.75 Å². The third-order valence-electron chi connectivity index (χ3n) is 5.25. The first kappa shape index (κ1) is 24.5. The van der Waals surface area contributed by atoms with Crippen molar-refractivity contribution in [3.63, 3.8) is 0 Å². The zero-order valence-corrected chi connectivity index (χ0v) is 19.6. The Kier molecular flexibility index (Phi) is 8.04. The second kappa shape index (κ2) is 11.1. The molecule has 3 aromatic rings. The van der Waals surface area contributed by atoms with E-state index >= 15 is 0 Å². The van der Waals surface area contributed by atoms with E-state index in [1.54, 1.807) is 26.0 Å². The molecule has 174 valence electrons. The number of benzene rings is 3. The summed E-state index contributed by atoms with van der Waals surface area (Å²) in [4.78, 5) is 23.1. The predicted molar refractivity (Wildman–Crippen MR) is 136 cm³/mol. The molecule has 3 rings (SSSR count). The van der Waals surface area contributed by atoms with E-state index in [0.717, 1.165) is 35.1 Å². The Morgan fingerprint density at radius 2 is 1.38 bits per heavy atom. The predicted octanol–water partition coefficient (Wildman–Crippen LogP) is 6.14. The molecule has 0 aromatic heterocycles. The van der Waals surface area contributed by atoms with Crippen LogP contribution >= 0.6 is 0 Å². The molecule has 0 aliphatic heterocycles. The standard InChI is InChI=1S/C29H29NO4/c1-19(2)28(31)33-17-5-6-21-7-9-22(10-8-21)24-13-16-26(27(30)18-24)23-11-14-25(15-12-23)34-29(32)20(3)4/h7-16,18H,1,3,5-6,17,30H2,2,4H3. The average Bonchev–Trinajstić information content (AvgIpc) is 2.82. The van der Waals surface area contributed by atoms with Gasteiger partial charge in [0.1, 0.15) is 5.75 Å². The number of nitrogens with two attached hydrogens (primary N) is 1. The van der Waals surface area contributed by atoms with Crippen molar-refractivity contribution >= 4 is 17.6 Å². The van der Waals surface area contributed by atoms with E-state index in [1.807, 2.05) is 30.3 Å². The number of ether oxygens (including phenoxy) is 2. The number of aryl methyl sites for hydroxylation is 1.